The number of aromatic nitrogens is 3. The van der Waals surface area contributed by atoms with Crippen molar-refractivity contribution in [2.45, 2.75) is 6.54 Å². The zero-order valence-electron chi connectivity index (χ0n) is 13.5. The minimum Gasteiger partial charge on any atom is -0.497 e. The molecule has 2 aromatic rings. The maximum atomic E-state index is 12.5. The van der Waals surface area contributed by atoms with Crippen molar-refractivity contribution in [2.75, 3.05) is 33.3 Å². The molecule has 0 bridgehead atoms. The number of hydrogen-bond donors (Lipinski definition) is 0. The molecule has 1 aliphatic heterocycles. The lowest BCUT2D eigenvalue weighted by atomic mass is 10.1. The van der Waals surface area contributed by atoms with Gasteiger partial charge in [-0.3, -0.25) is 9.59 Å². The van der Waals surface area contributed by atoms with E-state index in [2.05, 4.69) is 10.3 Å². The summed E-state index contributed by atoms with van der Waals surface area (Å²) in [6.45, 7) is 2.26. The summed E-state index contributed by atoms with van der Waals surface area (Å²) in [7, 11) is 1.59. The summed E-state index contributed by atoms with van der Waals surface area (Å²) in [5, 5.41) is 7.47. The second-order valence-corrected chi connectivity index (χ2v) is 5.50. The van der Waals surface area contributed by atoms with Crippen LogP contribution in [0.15, 0.2) is 36.7 Å². The molecule has 24 heavy (non-hydrogen) atoms. The SMILES string of the molecule is COc1ccc(C(=O)N2CCN(C(=O)Cn3ccnn3)CC2)cc1. The van der Waals surface area contributed by atoms with Crippen LogP contribution in [-0.2, 0) is 11.3 Å². The van der Waals surface area contributed by atoms with Gasteiger partial charge in [-0.2, -0.15) is 0 Å². The molecule has 1 aromatic heterocycles. The summed E-state index contributed by atoms with van der Waals surface area (Å²) < 4.78 is 6.59. The van der Waals surface area contributed by atoms with Gasteiger partial charge in [-0.15, -0.1) is 5.10 Å². The minimum absolute atomic E-state index is 0.0166. The quantitative estimate of drug-likeness (QED) is 0.804. The highest BCUT2D eigenvalue weighted by atomic mass is 16.5. The predicted molar refractivity (Wildman–Crippen MR) is 85.5 cm³/mol. The van der Waals surface area contributed by atoms with Gasteiger partial charge in [0.2, 0.25) is 5.91 Å². The van der Waals surface area contributed by atoms with Gasteiger partial charge in [-0.25, -0.2) is 4.68 Å². The molecule has 0 radical (unpaired) electrons. The van der Waals surface area contributed by atoms with Crippen molar-refractivity contribution in [3.05, 3.63) is 42.2 Å². The first-order chi connectivity index (χ1) is 11.7. The van der Waals surface area contributed by atoms with Gasteiger partial charge >= 0.3 is 0 Å². The molecule has 0 atom stereocenters. The largest absolute Gasteiger partial charge is 0.497 e. The summed E-state index contributed by atoms with van der Waals surface area (Å²) in [5.74, 6) is 0.674. The first kappa shape index (κ1) is 16.0. The zero-order chi connectivity index (χ0) is 16.9. The van der Waals surface area contributed by atoms with Crippen molar-refractivity contribution in [2.24, 2.45) is 0 Å². The maximum absolute atomic E-state index is 12.5. The van der Waals surface area contributed by atoms with Crippen LogP contribution in [0.2, 0.25) is 0 Å². The molecule has 1 saturated heterocycles. The topological polar surface area (TPSA) is 80.6 Å². The number of methoxy groups -OCH3 is 1. The van der Waals surface area contributed by atoms with E-state index >= 15 is 0 Å². The number of carbonyl (C=O) groups excluding carboxylic acids is 2. The van der Waals surface area contributed by atoms with Crippen molar-refractivity contribution in [3.8, 4) is 5.75 Å². The molecule has 1 aromatic carbocycles. The Hall–Kier alpha value is -2.90. The Kier molecular flexibility index (Phi) is 4.74. The Morgan fingerprint density at radius 1 is 1.08 bits per heavy atom. The molecule has 126 valence electrons. The van der Waals surface area contributed by atoms with Crippen LogP contribution < -0.4 is 4.74 Å². The molecule has 2 heterocycles. The highest BCUT2D eigenvalue weighted by Gasteiger charge is 2.25. The molecule has 0 saturated carbocycles. The lowest BCUT2D eigenvalue weighted by molar-refractivity contribution is -0.133. The molecule has 1 aliphatic rings. The average Bonchev–Trinajstić information content (AvgIpc) is 3.14. The summed E-state index contributed by atoms with van der Waals surface area (Å²) in [4.78, 5) is 28.2. The highest BCUT2D eigenvalue weighted by Crippen LogP contribution is 2.14. The summed E-state index contributed by atoms with van der Waals surface area (Å²) in [6.07, 6.45) is 3.19. The van der Waals surface area contributed by atoms with Crippen molar-refractivity contribution in [3.63, 3.8) is 0 Å². The number of benzene rings is 1. The molecule has 0 spiro atoms. The second-order valence-electron chi connectivity index (χ2n) is 5.50. The molecular formula is C16H19N5O3. The molecule has 2 amide bonds. The lowest BCUT2D eigenvalue weighted by Crippen LogP contribution is -2.51. The van der Waals surface area contributed by atoms with E-state index in [0.717, 1.165) is 5.75 Å². The Labute approximate surface area is 139 Å². The van der Waals surface area contributed by atoms with E-state index in [-0.39, 0.29) is 18.4 Å². The third-order valence-corrected chi connectivity index (χ3v) is 4.03. The number of hydrogen-bond acceptors (Lipinski definition) is 5. The van der Waals surface area contributed by atoms with Gasteiger partial charge in [0.25, 0.3) is 5.91 Å². The molecule has 0 unspecified atom stereocenters. The molecule has 0 aliphatic carbocycles. The first-order valence-electron chi connectivity index (χ1n) is 7.72. The molecule has 8 nitrogen and oxygen atoms in total. The third kappa shape index (κ3) is 3.53. The smallest absolute Gasteiger partial charge is 0.253 e. The molecular weight excluding hydrogens is 310 g/mol. The van der Waals surface area contributed by atoms with Crippen LogP contribution in [0.1, 0.15) is 10.4 Å². The van der Waals surface area contributed by atoms with Crippen molar-refractivity contribution >= 4 is 11.8 Å². The van der Waals surface area contributed by atoms with Crippen LogP contribution >= 0.6 is 0 Å². The Balaban J connectivity index is 1.54. The second kappa shape index (κ2) is 7.12. The number of carbonyl (C=O) groups is 2. The minimum atomic E-state index is -0.0268. The molecule has 1 fully saturated rings. The predicted octanol–water partition coefficient (Wildman–Crippen LogP) is 0.271. The molecule has 0 N–H and O–H groups in total. The molecule has 8 heteroatoms. The molecule has 3 rings (SSSR count). The highest BCUT2D eigenvalue weighted by molar-refractivity contribution is 5.94. The van der Waals surface area contributed by atoms with Gasteiger partial charge in [0.15, 0.2) is 0 Å². The van der Waals surface area contributed by atoms with Crippen LogP contribution in [0.3, 0.4) is 0 Å². The Morgan fingerprint density at radius 3 is 2.33 bits per heavy atom. The average molecular weight is 329 g/mol. The third-order valence-electron chi connectivity index (χ3n) is 4.03. The van der Waals surface area contributed by atoms with Gasteiger partial charge in [0, 0.05) is 37.9 Å². The van der Waals surface area contributed by atoms with Gasteiger partial charge in [-0.1, -0.05) is 5.21 Å². The van der Waals surface area contributed by atoms with E-state index in [9.17, 15) is 9.59 Å². The fraction of sp³-hybridized carbons (Fsp3) is 0.375. The van der Waals surface area contributed by atoms with Gasteiger partial charge in [0.1, 0.15) is 12.3 Å². The van der Waals surface area contributed by atoms with E-state index in [4.69, 9.17) is 4.74 Å². The van der Waals surface area contributed by atoms with E-state index in [1.807, 2.05) is 0 Å². The summed E-state index contributed by atoms with van der Waals surface area (Å²) >= 11 is 0. The summed E-state index contributed by atoms with van der Waals surface area (Å²) in [5.41, 5.74) is 0.623. The van der Waals surface area contributed by atoms with Crippen LogP contribution in [-0.4, -0.2) is 69.9 Å². The Bertz CT molecular complexity index is 691. The first-order valence-corrected chi connectivity index (χ1v) is 7.72. The van der Waals surface area contributed by atoms with Gasteiger partial charge in [0.05, 0.1) is 13.3 Å². The van der Waals surface area contributed by atoms with Crippen LogP contribution in [0.5, 0.6) is 5.75 Å². The Morgan fingerprint density at radius 2 is 1.75 bits per heavy atom. The van der Waals surface area contributed by atoms with Crippen molar-refractivity contribution in [1.29, 1.82) is 0 Å². The van der Waals surface area contributed by atoms with Crippen molar-refractivity contribution in [1.82, 2.24) is 24.8 Å². The van der Waals surface area contributed by atoms with Crippen LogP contribution in [0.25, 0.3) is 0 Å². The number of piperazine rings is 1. The van der Waals surface area contributed by atoms with E-state index in [1.165, 1.54) is 4.68 Å². The van der Waals surface area contributed by atoms with E-state index < -0.39 is 0 Å². The summed E-state index contributed by atoms with van der Waals surface area (Å²) in [6, 6.07) is 7.04. The van der Waals surface area contributed by atoms with Gasteiger partial charge in [-0.05, 0) is 24.3 Å². The monoisotopic (exact) mass is 329 g/mol. The normalized spacial score (nSPS) is 14.5. The van der Waals surface area contributed by atoms with Gasteiger partial charge < -0.3 is 14.5 Å². The maximum Gasteiger partial charge on any atom is 0.253 e. The number of nitrogens with zero attached hydrogens (tertiary/aromatic N) is 5. The zero-order valence-corrected chi connectivity index (χ0v) is 13.5. The van der Waals surface area contributed by atoms with Crippen LogP contribution in [0, 0.1) is 0 Å². The fourth-order valence-corrected chi connectivity index (χ4v) is 2.63. The van der Waals surface area contributed by atoms with E-state index in [0.29, 0.717) is 31.7 Å². The number of amides is 2. The standard InChI is InChI=1S/C16H19N5O3/c1-24-14-4-2-13(3-5-14)16(23)20-10-8-19(9-11-20)15(22)12-21-7-6-17-18-21/h2-7H,8-12H2,1H3. The number of rotatable bonds is 4. The van der Waals surface area contributed by atoms with Crippen LogP contribution in [0.4, 0.5) is 0 Å². The van der Waals surface area contributed by atoms with E-state index in [1.54, 1.807) is 53.6 Å². The van der Waals surface area contributed by atoms with Crippen molar-refractivity contribution < 1.29 is 14.3 Å². The fourth-order valence-electron chi connectivity index (χ4n) is 2.63. The lowest BCUT2D eigenvalue weighted by Gasteiger charge is -2.34. The number of ether oxygens (including phenoxy) is 1.